The van der Waals surface area contributed by atoms with E-state index in [2.05, 4.69) is 20.7 Å². The lowest BCUT2D eigenvalue weighted by atomic mass is 10.2. The van der Waals surface area contributed by atoms with Crippen LogP contribution >= 0.6 is 39.9 Å². The highest BCUT2D eigenvalue weighted by atomic mass is 79.9. The molecule has 0 aliphatic carbocycles. The Bertz CT molecular complexity index is 598. The van der Waals surface area contributed by atoms with Gasteiger partial charge in [-0.1, -0.05) is 40.3 Å². The van der Waals surface area contributed by atoms with Gasteiger partial charge in [0, 0.05) is 4.47 Å². The number of carbonyl (C=O) groups is 2. The summed E-state index contributed by atoms with van der Waals surface area (Å²) in [6.45, 7) is -0.154. The van der Waals surface area contributed by atoms with Crippen molar-refractivity contribution in [1.82, 2.24) is 4.90 Å². The van der Waals surface area contributed by atoms with Crippen molar-refractivity contribution in [3.8, 4) is 0 Å². The molecule has 0 spiro atoms. The lowest BCUT2D eigenvalue weighted by molar-refractivity contribution is -0.140. The number of halogens is 1. The van der Waals surface area contributed by atoms with Gasteiger partial charge < -0.3 is 4.74 Å². The van der Waals surface area contributed by atoms with Crippen LogP contribution in [0.3, 0.4) is 0 Å². The minimum absolute atomic E-state index is 0.154. The molecular formula is C13H10BrNO3S2. The molecule has 1 saturated heterocycles. The molecule has 1 aliphatic rings. The number of thioether (sulfide) groups is 1. The predicted molar refractivity (Wildman–Crippen MR) is 86.4 cm³/mol. The number of esters is 1. The maximum atomic E-state index is 11.8. The molecule has 0 unspecified atom stereocenters. The summed E-state index contributed by atoms with van der Waals surface area (Å²) < 4.78 is 5.53. The van der Waals surface area contributed by atoms with E-state index in [1.54, 1.807) is 0 Å². The van der Waals surface area contributed by atoms with Gasteiger partial charge in [0.1, 0.15) is 11.5 Å². The van der Waals surface area contributed by atoms with Crippen LogP contribution in [0.25, 0.3) is 6.08 Å². The van der Waals surface area contributed by atoms with Gasteiger partial charge in [-0.3, -0.25) is 14.5 Å². The minimum Gasteiger partial charge on any atom is -0.468 e. The second kappa shape index (κ2) is 6.51. The van der Waals surface area contributed by atoms with Crippen molar-refractivity contribution in [2.45, 2.75) is 0 Å². The summed E-state index contributed by atoms with van der Waals surface area (Å²) >= 11 is 9.61. The van der Waals surface area contributed by atoms with E-state index in [1.807, 2.05) is 30.3 Å². The van der Waals surface area contributed by atoms with Crippen molar-refractivity contribution in [2.24, 2.45) is 0 Å². The van der Waals surface area contributed by atoms with E-state index >= 15 is 0 Å². The average Bonchev–Trinajstić information content (AvgIpc) is 2.69. The molecule has 1 aliphatic heterocycles. The number of hydrogen-bond acceptors (Lipinski definition) is 5. The van der Waals surface area contributed by atoms with Crippen LogP contribution < -0.4 is 0 Å². The summed E-state index contributed by atoms with van der Waals surface area (Å²) in [5, 5.41) is -0.260. The maximum absolute atomic E-state index is 11.8. The van der Waals surface area contributed by atoms with Crippen molar-refractivity contribution in [3.63, 3.8) is 0 Å². The van der Waals surface area contributed by atoms with Gasteiger partial charge in [0.25, 0.3) is 5.24 Å². The van der Waals surface area contributed by atoms with E-state index in [9.17, 15) is 9.59 Å². The second-order valence-corrected chi connectivity index (χ2v) is 6.19. The summed E-state index contributed by atoms with van der Waals surface area (Å²) in [5.74, 6) is -0.494. The molecule has 0 saturated carbocycles. The van der Waals surface area contributed by atoms with Crippen LogP contribution in [0.1, 0.15) is 5.56 Å². The molecule has 1 aromatic rings. The molecule has 104 valence electrons. The third kappa shape index (κ3) is 3.47. The number of benzene rings is 1. The van der Waals surface area contributed by atoms with Gasteiger partial charge in [-0.15, -0.1) is 0 Å². The van der Waals surface area contributed by atoms with E-state index in [0.29, 0.717) is 9.89 Å². The van der Waals surface area contributed by atoms with Gasteiger partial charge in [-0.2, -0.15) is 0 Å². The Hall–Kier alpha value is -1.18. The van der Waals surface area contributed by atoms with Crippen molar-refractivity contribution in [2.75, 3.05) is 13.7 Å². The lowest BCUT2D eigenvalue weighted by Crippen LogP contribution is -2.33. The summed E-state index contributed by atoms with van der Waals surface area (Å²) in [4.78, 5) is 25.4. The highest BCUT2D eigenvalue weighted by Gasteiger charge is 2.33. The number of carbonyl (C=O) groups excluding carboxylic acids is 2. The van der Waals surface area contributed by atoms with Crippen LogP contribution in [-0.2, 0) is 9.53 Å². The average molecular weight is 372 g/mol. The number of rotatable bonds is 3. The Labute approximate surface area is 134 Å². The molecule has 20 heavy (non-hydrogen) atoms. The highest BCUT2D eigenvalue weighted by molar-refractivity contribution is 9.10. The quantitative estimate of drug-likeness (QED) is 0.462. The number of amides is 1. The Kier molecular flexibility index (Phi) is 4.95. The predicted octanol–water partition coefficient (Wildman–Crippen LogP) is 3.46. The van der Waals surface area contributed by atoms with Crippen molar-refractivity contribution in [1.29, 1.82) is 0 Å². The molecule has 1 heterocycles. The minimum atomic E-state index is -0.494. The Morgan fingerprint density at radius 2 is 2.10 bits per heavy atom. The van der Waals surface area contributed by atoms with Crippen LogP contribution in [0.5, 0.6) is 0 Å². The smallest absolute Gasteiger partial charge is 0.325 e. The molecular weight excluding hydrogens is 362 g/mol. The second-order valence-electron chi connectivity index (χ2n) is 3.90. The number of nitrogens with zero attached hydrogens (tertiary/aromatic N) is 1. The SMILES string of the molecule is COC(=O)CN1C(=O)SC(=Cc2ccc(Br)cc2)C1=S. The fourth-order valence-electron chi connectivity index (χ4n) is 1.54. The standard InChI is InChI=1S/C13H10BrNO3S2/c1-18-11(16)7-15-12(19)10(20-13(15)17)6-8-2-4-9(14)5-3-8/h2-6H,7H2,1H3. The van der Waals surface area contributed by atoms with Crippen LogP contribution in [-0.4, -0.2) is 34.8 Å². The first-order valence-electron chi connectivity index (χ1n) is 5.59. The first-order valence-corrected chi connectivity index (χ1v) is 7.61. The summed E-state index contributed by atoms with van der Waals surface area (Å²) in [6, 6.07) is 7.63. The monoisotopic (exact) mass is 371 g/mol. The number of thiocarbonyl (C=S) groups is 1. The van der Waals surface area contributed by atoms with Gasteiger partial charge in [-0.25, -0.2) is 0 Å². The highest BCUT2D eigenvalue weighted by Crippen LogP contribution is 2.33. The zero-order valence-corrected chi connectivity index (χ0v) is 13.7. The fourth-order valence-corrected chi connectivity index (χ4v) is 3.04. The van der Waals surface area contributed by atoms with E-state index in [4.69, 9.17) is 12.2 Å². The molecule has 0 N–H and O–H groups in total. The van der Waals surface area contributed by atoms with Gasteiger partial charge in [0.15, 0.2) is 0 Å². The Morgan fingerprint density at radius 1 is 1.45 bits per heavy atom. The van der Waals surface area contributed by atoms with Crippen molar-refractivity contribution >= 4 is 62.2 Å². The molecule has 0 radical (unpaired) electrons. The Morgan fingerprint density at radius 3 is 2.70 bits per heavy atom. The third-order valence-corrected chi connectivity index (χ3v) is 4.58. The normalized spacial score (nSPS) is 16.9. The van der Waals surface area contributed by atoms with E-state index < -0.39 is 5.97 Å². The number of hydrogen-bond donors (Lipinski definition) is 0. The molecule has 2 rings (SSSR count). The lowest BCUT2D eigenvalue weighted by Gasteiger charge is -2.12. The first kappa shape index (κ1) is 15.2. The zero-order valence-electron chi connectivity index (χ0n) is 10.5. The number of ether oxygens (including phenoxy) is 1. The van der Waals surface area contributed by atoms with E-state index in [1.165, 1.54) is 12.0 Å². The fraction of sp³-hybridized carbons (Fsp3) is 0.154. The largest absolute Gasteiger partial charge is 0.468 e. The zero-order chi connectivity index (χ0) is 14.7. The van der Waals surface area contributed by atoms with Gasteiger partial charge in [0.2, 0.25) is 0 Å². The van der Waals surface area contributed by atoms with E-state index in [0.717, 1.165) is 21.8 Å². The molecule has 0 atom stereocenters. The topological polar surface area (TPSA) is 46.6 Å². The van der Waals surface area contributed by atoms with Crippen molar-refractivity contribution in [3.05, 3.63) is 39.2 Å². The maximum Gasteiger partial charge on any atom is 0.325 e. The molecule has 1 aromatic carbocycles. The molecule has 0 aromatic heterocycles. The van der Waals surface area contributed by atoms with Gasteiger partial charge >= 0.3 is 5.97 Å². The first-order chi connectivity index (χ1) is 9.51. The molecule has 1 amide bonds. The van der Waals surface area contributed by atoms with Gasteiger partial charge in [-0.05, 0) is 35.5 Å². The van der Waals surface area contributed by atoms with Crippen LogP contribution in [0.2, 0.25) is 0 Å². The molecule has 7 heteroatoms. The number of methoxy groups -OCH3 is 1. The van der Waals surface area contributed by atoms with E-state index in [-0.39, 0.29) is 11.8 Å². The summed E-state index contributed by atoms with van der Waals surface area (Å²) in [6.07, 6.45) is 1.83. The summed E-state index contributed by atoms with van der Waals surface area (Å²) in [7, 11) is 1.28. The van der Waals surface area contributed by atoms with Crippen LogP contribution in [0.4, 0.5) is 4.79 Å². The molecule has 4 nitrogen and oxygen atoms in total. The molecule has 0 bridgehead atoms. The molecule has 1 fully saturated rings. The third-order valence-electron chi connectivity index (χ3n) is 2.56. The van der Waals surface area contributed by atoms with Crippen LogP contribution in [0.15, 0.2) is 33.6 Å². The summed E-state index contributed by atoms with van der Waals surface area (Å²) in [5.41, 5.74) is 0.936. The van der Waals surface area contributed by atoms with Gasteiger partial charge in [0.05, 0.1) is 12.0 Å². The Balaban J connectivity index is 2.19. The van der Waals surface area contributed by atoms with Crippen LogP contribution in [0, 0.1) is 0 Å². The van der Waals surface area contributed by atoms with Crippen molar-refractivity contribution < 1.29 is 14.3 Å².